The van der Waals surface area contributed by atoms with Gasteiger partial charge in [0.2, 0.25) is 15.9 Å². The van der Waals surface area contributed by atoms with Gasteiger partial charge < -0.3 is 10.1 Å². The molecule has 0 aliphatic carbocycles. The molecule has 12 heteroatoms. The fourth-order valence-electron chi connectivity index (χ4n) is 3.43. The van der Waals surface area contributed by atoms with Gasteiger partial charge in [-0.15, -0.1) is 11.3 Å². The van der Waals surface area contributed by atoms with Gasteiger partial charge in [0.15, 0.2) is 10.6 Å². The zero-order chi connectivity index (χ0) is 22.6. The lowest BCUT2D eigenvalue weighted by molar-refractivity contribution is -0.121. The first-order chi connectivity index (χ1) is 15.4. The molecular weight excluding hydrogens is 470 g/mol. The molecule has 1 saturated heterocycles. The fraction of sp³-hybridized carbons (Fsp3) is 0.350. The molecule has 1 aliphatic heterocycles. The third kappa shape index (κ3) is 5.33. The first-order valence-electron chi connectivity index (χ1n) is 10.0. The number of carbonyl (C=O) groups excluding carboxylic acids is 1. The van der Waals surface area contributed by atoms with Crippen molar-refractivity contribution in [3.05, 3.63) is 57.7 Å². The number of benzene rings is 1. The Labute approximate surface area is 195 Å². The minimum absolute atomic E-state index is 0.0107. The summed E-state index contributed by atoms with van der Waals surface area (Å²) in [6, 6.07) is 11.0. The van der Waals surface area contributed by atoms with Crippen molar-refractivity contribution in [1.29, 1.82) is 0 Å². The van der Waals surface area contributed by atoms with Gasteiger partial charge in [0.1, 0.15) is 6.54 Å². The maximum Gasteiger partial charge on any atom is 0.240 e. The van der Waals surface area contributed by atoms with Crippen molar-refractivity contribution in [2.75, 3.05) is 26.3 Å². The van der Waals surface area contributed by atoms with Crippen molar-refractivity contribution in [2.24, 2.45) is 0 Å². The maximum absolute atomic E-state index is 12.8. The van der Waals surface area contributed by atoms with Crippen LogP contribution in [0.15, 0.2) is 41.8 Å². The number of hydrogen-bond donors (Lipinski definition) is 2. The van der Waals surface area contributed by atoms with Crippen LogP contribution < -0.4 is 5.32 Å². The monoisotopic (exact) mass is 493 g/mol. The van der Waals surface area contributed by atoms with Crippen LogP contribution in [0.4, 0.5) is 0 Å². The topological polar surface area (TPSA) is 109 Å². The van der Waals surface area contributed by atoms with E-state index in [1.165, 1.54) is 15.6 Å². The number of carbonyl (C=O) groups is 1. The Hall–Kier alpha value is -2.38. The molecule has 0 unspecified atom stereocenters. The number of nitrogens with one attached hydrogen (secondary N) is 2. The predicted molar refractivity (Wildman–Crippen MR) is 124 cm³/mol. The molecule has 1 aromatic carbocycles. The van der Waals surface area contributed by atoms with E-state index in [2.05, 4.69) is 15.5 Å². The maximum atomic E-state index is 12.8. The second kappa shape index (κ2) is 10.0. The molecule has 1 aliphatic rings. The summed E-state index contributed by atoms with van der Waals surface area (Å²) >= 11 is 6.78. The van der Waals surface area contributed by atoms with Gasteiger partial charge >= 0.3 is 0 Å². The molecule has 4 rings (SSSR count). The van der Waals surface area contributed by atoms with Gasteiger partial charge in [-0.3, -0.25) is 14.5 Å². The molecule has 170 valence electrons. The number of amides is 1. The summed E-state index contributed by atoms with van der Waals surface area (Å²) in [5, 5.41) is 11.8. The Morgan fingerprint density at radius 3 is 2.66 bits per heavy atom. The van der Waals surface area contributed by atoms with Crippen molar-refractivity contribution >= 4 is 39.5 Å². The highest BCUT2D eigenvalue weighted by atomic mass is 32.2. The van der Waals surface area contributed by atoms with Gasteiger partial charge in [-0.05, 0) is 34.8 Å². The summed E-state index contributed by atoms with van der Waals surface area (Å²) in [7, 11) is -3.46. The van der Waals surface area contributed by atoms with Crippen LogP contribution >= 0.6 is 23.6 Å². The molecular formula is C20H23N5O4S3. The third-order valence-electron chi connectivity index (χ3n) is 5.10. The smallest absolute Gasteiger partial charge is 0.240 e. The zero-order valence-corrected chi connectivity index (χ0v) is 19.6. The van der Waals surface area contributed by atoms with Crippen molar-refractivity contribution < 1.29 is 17.9 Å². The molecule has 0 bridgehead atoms. The van der Waals surface area contributed by atoms with E-state index >= 15 is 0 Å². The lowest BCUT2D eigenvalue weighted by Crippen LogP contribution is -2.41. The van der Waals surface area contributed by atoms with Crippen LogP contribution in [0.5, 0.6) is 0 Å². The van der Waals surface area contributed by atoms with Gasteiger partial charge in [-0.1, -0.05) is 30.3 Å². The van der Waals surface area contributed by atoms with Crippen LogP contribution in [0.2, 0.25) is 0 Å². The van der Waals surface area contributed by atoms with Gasteiger partial charge in [-0.25, -0.2) is 8.42 Å². The van der Waals surface area contributed by atoms with E-state index in [9.17, 15) is 13.2 Å². The molecule has 2 aromatic heterocycles. The Morgan fingerprint density at radius 1 is 1.19 bits per heavy atom. The SMILES string of the molecule is O=C(Cn1c(-c2cccs2)n[nH]c1=S)NCc1ccccc1CS(=O)(=O)N1CCOCC1. The van der Waals surface area contributed by atoms with Crippen LogP contribution in [0, 0.1) is 4.77 Å². The Bertz CT molecular complexity index is 1230. The first kappa shape index (κ1) is 22.8. The number of morpholine rings is 1. The second-order valence-electron chi connectivity index (χ2n) is 7.23. The van der Waals surface area contributed by atoms with Gasteiger partial charge in [0.05, 0.1) is 23.8 Å². The molecule has 32 heavy (non-hydrogen) atoms. The van der Waals surface area contributed by atoms with Crippen LogP contribution in [0.25, 0.3) is 10.7 Å². The van der Waals surface area contributed by atoms with E-state index < -0.39 is 10.0 Å². The van der Waals surface area contributed by atoms with Crippen LogP contribution in [-0.2, 0) is 38.4 Å². The number of ether oxygens (including phenoxy) is 1. The van der Waals surface area contributed by atoms with Crippen LogP contribution in [0.1, 0.15) is 11.1 Å². The summed E-state index contributed by atoms with van der Waals surface area (Å²) in [5.41, 5.74) is 1.42. The molecule has 3 aromatic rings. The van der Waals surface area contributed by atoms with E-state index in [4.69, 9.17) is 17.0 Å². The lowest BCUT2D eigenvalue weighted by Gasteiger charge is -2.26. The average molecular weight is 494 g/mol. The largest absolute Gasteiger partial charge is 0.379 e. The standard InChI is InChI=1S/C20H23N5O4S3/c26-18(13-25-19(22-23-20(25)30)17-6-3-11-31-17)21-12-15-4-1-2-5-16(15)14-32(27,28)24-7-9-29-10-8-24/h1-6,11H,7-10,12-14H2,(H,21,26)(H,23,30). The van der Waals surface area contributed by atoms with E-state index in [0.29, 0.717) is 42.5 Å². The molecule has 1 fully saturated rings. The zero-order valence-electron chi connectivity index (χ0n) is 17.2. The van der Waals surface area contributed by atoms with Gasteiger partial charge in [-0.2, -0.15) is 9.40 Å². The van der Waals surface area contributed by atoms with E-state index in [0.717, 1.165) is 10.4 Å². The summed E-state index contributed by atoms with van der Waals surface area (Å²) in [6.45, 7) is 1.75. The van der Waals surface area contributed by atoms with Gasteiger partial charge in [0, 0.05) is 19.6 Å². The molecule has 9 nitrogen and oxygen atoms in total. The fourth-order valence-corrected chi connectivity index (χ4v) is 5.92. The van der Waals surface area contributed by atoms with Crippen LogP contribution in [-0.4, -0.2) is 59.7 Å². The highest BCUT2D eigenvalue weighted by molar-refractivity contribution is 7.88. The van der Waals surface area contributed by atoms with E-state index in [1.807, 2.05) is 29.6 Å². The predicted octanol–water partition coefficient (Wildman–Crippen LogP) is 2.15. The highest BCUT2D eigenvalue weighted by Gasteiger charge is 2.25. The number of hydrogen-bond acceptors (Lipinski definition) is 7. The Morgan fingerprint density at radius 2 is 1.94 bits per heavy atom. The number of H-pyrrole nitrogens is 1. The van der Waals surface area contributed by atoms with Crippen LogP contribution in [0.3, 0.4) is 0 Å². The minimum Gasteiger partial charge on any atom is -0.379 e. The molecule has 0 saturated carbocycles. The Balaban J connectivity index is 1.42. The highest BCUT2D eigenvalue weighted by Crippen LogP contribution is 2.22. The molecule has 1 amide bonds. The summed E-state index contributed by atoms with van der Waals surface area (Å²) in [4.78, 5) is 13.6. The number of thiophene rings is 1. The molecule has 0 spiro atoms. The molecule has 2 N–H and O–H groups in total. The number of nitrogens with zero attached hydrogens (tertiary/aromatic N) is 3. The van der Waals surface area contributed by atoms with Crippen molar-refractivity contribution in [3.8, 4) is 10.7 Å². The van der Waals surface area contributed by atoms with Crippen molar-refractivity contribution in [1.82, 2.24) is 24.4 Å². The number of aromatic amines is 1. The number of rotatable bonds is 8. The average Bonchev–Trinajstić information content (AvgIpc) is 3.44. The quantitative estimate of drug-likeness (QED) is 0.466. The molecule has 3 heterocycles. The van der Waals surface area contributed by atoms with Crippen molar-refractivity contribution in [3.63, 3.8) is 0 Å². The molecule has 0 atom stereocenters. The third-order valence-corrected chi connectivity index (χ3v) is 8.10. The number of aromatic nitrogens is 3. The molecule has 0 radical (unpaired) electrons. The van der Waals surface area contributed by atoms with Gasteiger partial charge in [0.25, 0.3) is 0 Å². The Kier molecular flexibility index (Phi) is 7.16. The minimum atomic E-state index is -3.46. The first-order valence-corrected chi connectivity index (χ1v) is 12.9. The number of sulfonamides is 1. The van der Waals surface area contributed by atoms with Crippen molar-refractivity contribution in [2.45, 2.75) is 18.8 Å². The summed E-state index contributed by atoms with van der Waals surface area (Å²) in [5.74, 6) is 0.247. The summed E-state index contributed by atoms with van der Waals surface area (Å²) < 4.78 is 34.3. The summed E-state index contributed by atoms with van der Waals surface area (Å²) in [6.07, 6.45) is 0. The van der Waals surface area contributed by atoms with E-state index in [-0.39, 0.29) is 24.7 Å². The normalized spacial score (nSPS) is 15.0. The van der Waals surface area contributed by atoms with E-state index in [1.54, 1.807) is 16.7 Å². The lowest BCUT2D eigenvalue weighted by atomic mass is 10.1. The second-order valence-corrected chi connectivity index (χ2v) is 10.5.